The molecule has 46 heavy (non-hydrogen) atoms. The number of amides is 1. The maximum atomic E-state index is 12.9. The van der Waals surface area contributed by atoms with Gasteiger partial charge in [0.1, 0.15) is 11.0 Å². The number of hydrogen-bond donors (Lipinski definition) is 1. The lowest BCUT2D eigenvalue weighted by atomic mass is 10.1. The van der Waals surface area contributed by atoms with Crippen LogP contribution in [0.25, 0.3) is 11.0 Å². The Bertz CT molecular complexity index is 1470. The van der Waals surface area contributed by atoms with Crippen molar-refractivity contribution in [3.05, 3.63) is 35.4 Å². The highest BCUT2D eigenvalue weighted by Gasteiger charge is 2.28. The first kappa shape index (κ1) is 34.5. The zero-order valence-electron chi connectivity index (χ0n) is 27.4. The molecule has 0 bridgehead atoms. The van der Waals surface area contributed by atoms with Crippen molar-refractivity contribution in [3.8, 4) is 6.07 Å². The summed E-state index contributed by atoms with van der Waals surface area (Å²) in [5, 5.41) is 12.9. The number of likely N-dealkylation sites (N-methyl/N-ethyl adjacent to an activating group) is 1. The topological polar surface area (TPSA) is 154 Å². The van der Waals surface area contributed by atoms with Crippen molar-refractivity contribution in [2.24, 2.45) is 0 Å². The molecule has 248 valence electrons. The number of hydrogen-bond acceptors (Lipinski definition) is 14. The normalized spacial score (nSPS) is 13.3. The molecule has 0 radical (unpaired) electrons. The van der Waals surface area contributed by atoms with E-state index in [1.165, 1.54) is 0 Å². The zero-order chi connectivity index (χ0) is 32.9. The van der Waals surface area contributed by atoms with Crippen LogP contribution in [0, 0.1) is 11.3 Å². The summed E-state index contributed by atoms with van der Waals surface area (Å²) in [6, 6.07) is 9.59. The van der Waals surface area contributed by atoms with E-state index in [2.05, 4.69) is 11.4 Å². The van der Waals surface area contributed by atoms with Crippen LogP contribution in [0.4, 0.5) is 23.5 Å². The maximum Gasteiger partial charge on any atom is 0.241 e. The number of methoxy groups -OCH3 is 4. The predicted molar refractivity (Wildman–Crippen MR) is 175 cm³/mol. The standard InChI is InChI=1S/C31H44N10O5/c1-38-9-10-41(22-25(38)42)29-27-26(34-31(37-29)40(13-17-45-4)14-18-46-5)28(33-21-24-8-6-7-23(19-24)20-32)36-30(35-27)39(11-15-43-2)12-16-44-3/h6-8,19H,9-18,21-22H2,1-5H3,(H,33,35,36). The molecule has 1 N–H and O–H groups in total. The number of nitrogens with zero attached hydrogens (tertiary/aromatic N) is 9. The van der Waals surface area contributed by atoms with Gasteiger partial charge in [-0.15, -0.1) is 0 Å². The highest BCUT2D eigenvalue weighted by atomic mass is 16.5. The molecule has 0 saturated carbocycles. The fraction of sp³-hybridized carbons (Fsp3) is 0.548. The van der Waals surface area contributed by atoms with Crippen LogP contribution in [-0.4, -0.2) is 138 Å². The van der Waals surface area contributed by atoms with E-state index in [1.807, 2.05) is 32.9 Å². The minimum atomic E-state index is -0.0120. The van der Waals surface area contributed by atoms with Gasteiger partial charge in [0, 0.05) is 81.3 Å². The molecule has 1 saturated heterocycles. The minimum absolute atomic E-state index is 0.0120. The van der Waals surface area contributed by atoms with Crippen molar-refractivity contribution in [1.29, 1.82) is 5.26 Å². The lowest BCUT2D eigenvalue weighted by Crippen LogP contribution is -2.49. The predicted octanol–water partition coefficient (Wildman–Crippen LogP) is 1.38. The molecule has 3 heterocycles. The Morgan fingerprint density at radius 1 is 0.848 bits per heavy atom. The Morgan fingerprint density at radius 2 is 1.43 bits per heavy atom. The molecule has 0 aliphatic carbocycles. The average Bonchev–Trinajstić information content (AvgIpc) is 3.08. The molecule has 0 spiro atoms. The maximum absolute atomic E-state index is 12.9. The molecule has 1 fully saturated rings. The van der Waals surface area contributed by atoms with Gasteiger partial charge in [0.15, 0.2) is 11.6 Å². The number of rotatable bonds is 18. The Labute approximate surface area is 270 Å². The van der Waals surface area contributed by atoms with Gasteiger partial charge >= 0.3 is 0 Å². The van der Waals surface area contributed by atoms with E-state index in [9.17, 15) is 10.1 Å². The summed E-state index contributed by atoms with van der Waals surface area (Å²) in [5.41, 5.74) is 2.49. The van der Waals surface area contributed by atoms with Gasteiger partial charge in [0.05, 0.1) is 44.6 Å². The van der Waals surface area contributed by atoms with Crippen LogP contribution in [0.5, 0.6) is 0 Å². The lowest BCUT2D eigenvalue weighted by Gasteiger charge is -2.34. The van der Waals surface area contributed by atoms with E-state index in [0.717, 1.165) is 5.56 Å². The largest absolute Gasteiger partial charge is 0.383 e. The van der Waals surface area contributed by atoms with Crippen LogP contribution >= 0.6 is 0 Å². The number of carbonyl (C=O) groups is 1. The molecule has 1 amide bonds. The van der Waals surface area contributed by atoms with Gasteiger partial charge in [-0.3, -0.25) is 4.79 Å². The highest BCUT2D eigenvalue weighted by molar-refractivity contribution is 5.96. The van der Waals surface area contributed by atoms with Crippen LogP contribution in [0.2, 0.25) is 0 Å². The van der Waals surface area contributed by atoms with Crippen LogP contribution < -0.4 is 20.0 Å². The van der Waals surface area contributed by atoms with Gasteiger partial charge in [0.2, 0.25) is 17.8 Å². The Hall–Kier alpha value is -4.36. The molecule has 1 aromatic carbocycles. The molecule has 1 aliphatic rings. The van der Waals surface area contributed by atoms with Crippen molar-refractivity contribution >= 4 is 40.5 Å². The number of anilines is 4. The second kappa shape index (κ2) is 17.4. The third kappa shape index (κ3) is 8.88. The third-order valence-corrected chi connectivity index (χ3v) is 7.60. The van der Waals surface area contributed by atoms with Gasteiger partial charge in [0.25, 0.3) is 0 Å². The summed E-state index contributed by atoms with van der Waals surface area (Å²) in [5.74, 6) is 1.92. The van der Waals surface area contributed by atoms with E-state index < -0.39 is 0 Å². The van der Waals surface area contributed by atoms with Crippen LogP contribution in [0.15, 0.2) is 24.3 Å². The summed E-state index contributed by atoms with van der Waals surface area (Å²) in [6.45, 7) is 5.58. The van der Waals surface area contributed by atoms with Gasteiger partial charge in [-0.05, 0) is 17.7 Å². The van der Waals surface area contributed by atoms with E-state index in [1.54, 1.807) is 46.5 Å². The second-order valence-electron chi connectivity index (χ2n) is 10.8. The molecular weight excluding hydrogens is 592 g/mol. The molecule has 0 atom stereocenters. The van der Waals surface area contributed by atoms with E-state index in [0.29, 0.717) is 112 Å². The van der Waals surface area contributed by atoms with Crippen molar-refractivity contribution in [3.63, 3.8) is 0 Å². The fourth-order valence-corrected chi connectivity index (χ4v) is 4.91. The highest BCUT2D eigenvalue weighted by Crippen LogP contribution is 2.32. The van der Waals surface area contributed by atoms with Gasteiger partial charge in [-0.1, -0.05) is 12.1 Å². The zero-order valence-corrected chi connectivity index (χ0v) is 27.4. The number of benzene rings is 1. The van der Waals surface area contributed by atoms with Crippen LogP contribution in [0.3, 0.4) is 0 Å². The summed E-state index contributed by atoms with van der Waals surface area (Å²) in [6.07, 6.45) is 0. The van der Waals surface area contributed by atoms with Crippen molar-refractivity contribution in [2.45, 2.75) is 6.54 Å². The van der Waals surface area contributed by atoms with Crippen LogP contribution in [-0.2, 0) is 30.3 Å². The number of carbonyl (C=O) groups excluding carboxylic acids is 1. The first-order valence-corrected chi connectivity index (χ1v) is 15.2. The Kier molecular flexibility index (Phi) is 13.0. The average molecular weight is 637 g/mol. The smallest absolute Gasteiger partial charge is 0.241 e. The van der Waals surface area contributed by atoms with Crippen molar-refractivity contribution < 1.29 is 23.7 Å². The SMILES string of the molecule is COCCN(CCOC)c1nc(N2CCN(C)C(=O)C2)c2nc(N(CCOC)CCOC)nc(NCc3cccc(C#N)c3)c2n1. The number of nitriles is 1. The van der Waals surface area contributed by atoms with Crippen LogP contribution in [0.1, 0.15) is 11.1 Å². The summed E-state index contributed by atoms with van der Waals surface area (Å²) in [4.78, 5) is 40.6. The Balaban J connectivity index is 1.92. The minimum Gasteiger partial charge on any atom is -0.383 e. The number of fused-ring (bicyclic) bond motifs is 1. The molecule has 0 unspecified atom stereocenters. The van der Waals surface area contributed by atoms with Gasteiger partial charge < -0.3 is 43.9 Å². The van der Waals surface area contributed by atoms with E-state index >= 15 is 0 Å². The molecule has 2 aromatic heterocycles. The first-order valence-electron chi connectivity index (χ1n) is 15.2. The fourth-order valence-electron chi connectivity index (χ4n) is 4.91. The summed E-state index contributed by atoms with van der Waals surface area (Å²) >= 11 is 0. The first-order chi connectivity index (χ1) is 22.4. The van der Waals surface area contributed by atoms with E-state index in [4.69, 9.17) is 38.9 Å². The number of piperazine rings is 1. The molecule has 15 heteroatoms. The number of aromatic nitrogens is 4. The second-order valence-corrected chi connectivity index (χ2v) is 10.8. The Morgan fingerprint density at radius 3 is 2.00 bits per heavy atom. The third-order valence-electron chi connectivity index (χ3n) is 7.60. The van der Waals surface area contributed by atoms with Gasteiger partial charge in [-0.25, -0.2) is 9.97 Å². The molecule has 4 rings (SSSR count). The monoisotopic (exact) mass is 636 g/mol. The number of nitrogens with one attached hydrogen (secondary N) is 1. The quantitative estimate of drug-likeness (QED) is 0.214. The van der Waals surface area contributed by atoms with E-state index in [-0.39, 0.29) is 12.5 Å². The molecule has 1 aliphatic heterocycles. The lowest BCUT2D eigenvalue weighted by molar-refractivity contribution is -0.129. The summed E-state index contributed by atoms with van der Waals surface area (Å²) in [7, 11) is 8.39. The van der Waals surface area contributed by atoms with Crippen molar-refractivity contribution in [2.75, 3.05) is 128 Å². The van der Waals surface area contributed by atoms with Gasteiger partial charge in [-0.2, -0.15) is 15.2 Å². The molecule has 15 nitrogen and oxygen atoms in total. The molecule has 3 aromatic rings. The summed E-state index contributed by atoms with van der Waals surface area (Å²) < 4.78 is 21.5. The molecular formula is C31H44N10O5. The number of ether oxygens (including phenoxy) is 4. The van der Waals surface area contributed by atoms with Crippen molar-refractivity contribution in [1.82, 2.24) is 24.8 Å².